The summed E-state index contributed by atoms with van der Waals surface area (Å²) in [6.45, 7) is 9.12. The van der Waals surface area contributed by atoms with Crippen molar-refractivity contribution in [1.29, 1.82) is 0 Å². The molecule has 0 aliphatic rings. The molecule has 0 aromatic heterocycles. The number of nitrogens with zero attached hydrogens (tertiary/aromatic N) is 1. The highest BCUT2D eigenvalue weighted by atomic mass is 79.9. The summed E-state index contributed by atoms with van der Waals surface area (Å²) in [5.41, 5.74) is 2.59. The first-order chi connectivity index (χ1) is 9.72. The number of anilines is 1. The zero-order valence-electron chi connectivity index (χ0n) is 12.9. The summed E-state index contributed by atoms with van der Waals surface area (Å²) >= 11 is 3.71. The van der Waals surface area contributed by atoms with Crippen molar-refractivity contribution in [3.05, 3.63) is 28.2 Å². The van der Waals surface area contributed by atoms with Crippen molar-refractivity contribution in [1.82, 2.24) is 5.32 Å². The molecular formula is C16H27BrN2O. The van der Waals surface area contributed by atoms with Gasteiger partial charge in [-0.15, -0.1) is 0 Å². The first kappa shape index (κ1) is 17.5. The van der Waals surface area contributed by atoms with Crippen LogP contribution in [-0.2, 0) is 11.3 Å². The van der Waals surface area contributed by atoms with Crippen molar-refractivity contribution in [2.75, 3.05) is 38.3 Å². The average Bonchev–Trinajstić information content (AvgIpc) is 2.46. The highest BCUT2D eigenvalue weighted by Gasteiger charge is 2.08. The van der Waals surface area contributed by atoms with Gasteiger partial charge in [-0.1, -0.05) is 19.4 Å². The minimum Gasteiger partial charge on any atom is -0.383 e. The fourth-order valence-corrected chi connectivity index (χ4v) is 2.80. The lowest BCUT2D eigenvalue weighted by atomic mass is 10.2. The molecule has 20 heavy (non-hydrogen) atoms. The van der Waals surface area contributed by atoms with Crippen molar-refractivity contribution in [3.63, 3.8) is 0 Å². The number of hydrogen-bond acceptors (Lipinski definition) is 3. The van der Waals surface area contributed by atoms with E-state index in [4.69, 9.17) is 4.74 Å². The van der Waals surface area contributed by atoms with Crippen LogP contribution in [0.3, 0.4) is 0 Å². The molecule has 4 heteroatoms. The van der Waals surface area contributed by atoms with Gasteiger partial charge in [-0.3, -0.25) is 0 Å². The first-order valence-corrected chi connectivity index (χ1v) is 8.25. The predicted octanol–water partition coefficient (Wildman–Crippen LogP) is 3.81. The van der Waals surface area contributed by atoms with E-state index in [1.807, 2.05) is 0 Å². The Hall–Kier alpha value is -0.580. The van der Waals surface area contributed by atoms with Crippen LogP contribution < -0.4 is 10.2 Å². The Morgan fingerprint density at radius 3 is 2.70 bits per heavy atom. The highest BCUT2D eigenvalue weighted by Crippen LogP contribution is 2.27. The van der Waals surface area contributed by atoms with E-state index in [2.05, 4.69) is 58.2 Å². The number of methoxy groups -OCH3 is 1. The molecule has 0 saturated heterocycles. The van der Waals surface area contributed by atoms with E-state index < -0.39 is 0 Å². The monoisotopic (exact) mass is 342 g/mol. The zero-order chi connectivity index (χ0) is 14.8. The Labute approximate surface area is 131 Å². The molecule has 1 rings (SSSR count). The molecule has 1 aromatic carbocycles. The Kier molecular flexibility index (Phi) is 8.90. The van der Waals surface area contributed by atoms with Gasteiger partial charge in [-0.2, -0.15) is 0 Å². The number of halogens is 1. The SMILES string of the molecule is CCCCN(CC)c1ccc(CNCCOC)cc1Br. The van der Waals surface area contributed by atoms with Crippen LogP contribution in [0.2, 0.25) is 0 Å². The Morgan fingerprint density at radius 2 is 2.10 bits per heavy atom. The van der Waals surface area contributed by atoms with Crippen LogP contribution in [0.1, 0.15) is 32.3 Å². The molecule has 0 spiro atoms. The topological polar surface area (TPSA) is 24.5 Å². The third kappa shape index (κ3) is 5.81. The molecule has 0 atom stereocenters. The molecule has 0 aliphatic heterocycles. The van der Waals surface area contributed by atoms with Crippen molar-refractivity contribution in [2.24, 2.45) is 0 Å². The lowest BCUT2D eigenvalue weighted by Crippen LogP contribution is -2.24. The van der Waals surface area contributed by atoms with Gasteiger partial charge in [0.25, 0.3) is 0 Å². The number of rotatable bonds is 10. The van der Waals surface area contributed by atoms with Crippen LogP contribution in [0.4, 0.5) is 5.69 Å². The maximum absolute atomic E-state index is 5.03. The second-order valence-corrected chi connectivity index (χ2v) is 5.74. The second-order valence-electron chi connectivity index (χ2n) is 4.89. The fourth-order valence-electron chi connectivity index (χ4n) is 2.12. The summed E-state index contributed by atoms with van der Waals surface area (Å²) in [4.78, 5) is 2.43. The van der Waals surface area contributed by atoms with Gasteiger partial charge in [0.2, 0.25) is 0 Å². The first-order valence-electron chi connectivity index (χ1n) is 7.45. The zero-order valence-corrected chi connectivity index (χ0v) is 14.5. The van der Waals surface area contributed by atoms with Gasteiger partial charge in [0.05, 0.1) is 12.3 Å². The van der Waals surface area contributed by atoms with E-state index in [-0.39, 0.29) is 0 Å². The minimum absolute atomic E-state index is 0.750. The molecule has 0 bridgehead atoms. The molecular weight excluding hydrogens is 316 g/mol. The van der Waals surface area contributed by atoms with E-state index in [0.717, 1.165) is 32.8 Å². The molecule has 1 aromatic rings. The van der Waals surface area contributed by atoms with Crippen molar-refractivity contribution in [2.45, 2.75) is 33.2 Å². The van der Waals surface area contributed by atoms with Crippen LogP contribution >= 0.6 is 15.9 Å². The molecule has 1 N–H and O–H groups in total. The molecule has 0 aliphatic carbocycles. The highest BCUT2D eigenvalue weighted by molar-refractivity contribution is 9.10. The number of ether oxygens (including phenoxy) is 1. The Balaban J connectivity index is 2.61. The normalized spacial score (nSPS) is 10.8. The van der Waals surface area contributed by atoms with Crippen molar-refractivity contribution < 1.29 is 4.74 Å². The molecule has 3 nitrogen and oxygen atoms in total. The van der Waals surface area contributed by atoms with E-state index >= 15 is 0 Å². The van der Waals surface area contributed by atoms with E-state index in [1.165, 1.54) is 28.6 Å². The van der Waals surface area contributed by atoms with Crippen LogP contribution in [0.15, 0.2) is 22.7 Å². The van der Waals surface area contributed by atoms with Gasteiger partial charge >= 0.3 is 0 Å². The number of benzene rings is 1. The maximum atomic E-state index is 5.03. The lowest BCUT2D eigenvalue weighted by molar-refractivity contribution is 0.199. The fraction of sp³-hybridized carbons (Fsp3) is 0.625. The summed E-state index contributed by atoms with van der Waals surface area (Å²) in [6, 6.07) is 6.63. The Bertz CT molecular complexity index is 385. The van der Waals surface area contributed by atoms with Crippen molar-refractivity contribution in [3.8, 4) is 0 Å². The predicted molar refractivity (Wildman–Crippen MR) is 90.5 cm³/mol. The largest absolute Gasteiger partial charge is 0.383 e. The lowest BCUT2D eigenvalue weighted by Gasteiger charge is -2.24. The number of hydrogen-bond donors (Lipinski definition) is 1. The van der Waals surface area contributed by atoms with Gasteiger partial charge in [-0.25, -0.2) is 0 Å². The van der Waals surface area contributed by atoms with Crippen LogP contribution in [-0.4, -0.2) is 33.4 Å². The Morgan fingerprint density at radius 1 is 1.30 bits per heavy atom. The summed E-state index contributed by atoms with van der Waals surface area (Å²) in [7, 11) is 1.72. The molecule has 0 radical (unpaired) electrons. The number of nitrogens with one attached hydrogen (secondary N) is 1. The molecule has 0 saturated carbocycles. The molecule has 0 unspecified atom stereocenters. The minimum atomic E-state index is 0.750. The summed E-state index contributed by atoms with van der Waals surface area (Å²) in [5, 5.41) is 3.37. The third-order valence-corrected chi connectivity index (χ3v) is 3.96. The molecule has 114 valence electrons. The van der Waals surface area contributed by atoms with Gasteiger partial charge < -0.3 is 15.0 Å². The quantitative estimate of drug-likeness (QED) is 0.654. The van der Waals surface area contributed by atoms with Gasteiger partial charge in [0.15, 0.2) is 0 Å². The second kappa shape index (κ2) is 10.2. The van der Waals surface area contributed by atoms with E-state index in [9.17, 15) is 0 Å². The van der Waals surface area contributed by atoms with Crippen LogP contribution in [0.5, 0.6) is 0 Å². The van der Waals surface area contributed by atoms with Gasteiger partial charge in [0, 0.05) is 37.8 Å². The summed E-state index contributed by atoms with van der Waals surface area (Å²) in [6.07, 6.45) is 2.47. The molecule has 0 heterocycles. The standard InChI is InChI=1S/C16H27BrN2O/c1-4-6-10-19(5-2)16-8-7-14(12-15(16)17)13-18-9-11-20-3/h7-8,12,18H,4-6,9-11,13H2,1-3H3. The summed E-state index contributed by atoms with van der Waals surface area (Å²) in [5.74, 6) is 0. The number of unbranched alkanes of at least 4 members (excludes halogenated alkanes) is 1. The third-order valence-electron chi connectivity index (χ3n) is 3.33. The molecule has 0 fully saturated rings. The van der Waals surface area contributed by atoms with E-state index in [0.29, 0.717) is 0 Å². The van der Waals surface area contributed by atoms with E-state index in [1.54, 1.807) is 7.11 Å². The maximum Gasteiger partial charge on any atom is 0.0587 e. The van der Waals surface area contributed by atoms with Gasteiger partial charge in [-0.05, 0) is 47.0 Å². The van der Waals surface area contributed by atoms with Crippen LogP contribution in [0, 0.1) is 0 Å². The average molecular weight is 343 g/mol. The summed E-state index contributed by atoms with van der Waals surface area (Å²) < 4.78 is 6.21. The molecule has 0 amide bonds. The van der Waals surface area contributed by atoms with Crippen molar-refractivity contribution >= 4 is 21.6 Å². The van der Waals surface area contributed by atoms with Crippen LogP contribution in [0.25, 0.3) is 0 Å². The smallest absolute Gasteiger partial charge is 0.0587 e. The van der Waals surface area contributed by atoms with Gasteiger partial charge in [0.1, 0.15) is 0 Å².